The maximum Gasteiger partial charge on any atom is 0.137 e. The Morgan fingerprint density at radius 2 is 2.33 bits per heavy atom. The summed E-state index contributed by atoms with van der Waals surface area (Å²) < 4.78 is 19.2. The Hall–Kier alpha value is -0.450. The molecule has 2 rings (SSSR count). The molecule has 0 amide bonds. The first kappa shape index (κ1) is 14.0. The van der Waals surface area contributed by atoms with Crippen LogP contribution in [-0.4, -0.2) is 23.4 Å². The molecule has 4 heteroatoms. The summed E-state index contributed by atoms with van der Waals surface area (Å²) in [5, 5.41) is 10.6. The van der Waals surface area contributed by atoms with Crippen molar-refractivity contribution in [2.45, 2.75) is 44.3 Å². The highest BCUT2D eigenvalue weighted by atomic mass is 79.9. The van der Waals surface area contributed by atoms with Gasteiger partial charge in [-0.1, -0.05) is 13.0 Å². The monoisotopic (exact) mass is 316 g/mol. The molecule has 1 heterocycles. The molecule has 0 radical (unpaired) electrons. The number of rotatable bonds is 3. The zero-order valence-corrected chi connectivity index (χ0v) is 12.0. The summed E-state index contributed by atoms with van der Waals surface area (Å²) >= 11 is 3.17. The van der Waals surface area contributed by atoms with Crippen molar-refractivity contribution >= 4 is 15.9 Å². The first-order valence-electron chi connectivity index (χ1n) is 6.30. The molecule has 2 atom stereocenters. The first-order valence-corrected chi connectivity index (χ1v) is 7.09. The second-order valence-corrected chi connectivity index (χ2v) is 5.86. The van der Waals surface area contributed by atoms with Crippen molar-refractivity contribution in [2.75, 3.05) is 6.61 Å². The maximum atomic E-state index is 13.2. The van der Waals surface area contributed by atoms with Gasteiger partial charge in [-0.2, -0.15) is 0 Å². The molecule has 0 bridgehead atoms. The number of aliphatic hydroxyl groups is 1. The van der Waals surface area contributed by atoms with Crippen molar-refractivity contribution in [1.82, 2.24) is 0 Å². The zero-order valence-electron chi connectivity index (χ0n) is 10.5. The predicted molar refractivity (Wildman–Crippen MR) is 72.0 cm³/mol. The lowest BCUT2D eigenvalue weighted by atomic mass is 9.84. The van der Waals surface area contributed by atoms with Gasteiger partial charge >= 0.3 is 0 Å². The maximum absolute atomic E-state index is 13.2. The minimum absolute atomic E-state index is 0.132. The van der Waals surface area contributed by atoms with E-state index in [0.29, 0.717) is 30.3 Å². The molecule has 100 valence electrons. The third-order valence-corrected chi connectivity index (χ3v) is 4.11. The van der Waals surface area contributed by atoms with E-state index < -0.39 is 5.60 Å². The Labute approximate surface area is 115 Å². The first-order chi connectivity index (χ1) is 8.52. The number of hydrogen-bond acceptors (Lipinski definition) is 2. The van der Waals surface area contributed by atoms with Gasteiger partial charge in [-0.15, -0.1) is 0 Å². The second-order valence-electron chi connectivity index (χ2n) is 5.00. The van der Waals surface area contributed by atoms with Gasteiger partial charge in [-0.3, -0.25) is 0 Å². The van der Waals surface area contributed by atoms with Crippen LogP contribution in [0, 0.1) is 5.82 Å². The SMILES string of the molecule is CCC1CC(O)(Cc2ccc(F)c(Br)c2)CCO1. The van der Waals surface area contributed by atoms with Crippen LogP contribution in [0.3, 0.4) is 0 Å². The molecule has 2 nitrogen and oxygen atoms in total. The fourth-order valence-corrected chi connectivity index (χ4v) is 2.88. The third kappa shape index (κ3) is 3.31. The summed E-state index contributed by atoms with van der Waals surface area (Å²) in [5.41, 5.74) is 0.221. The summed E-state index contributed by atoms with van der Waals surface area (Å²) in [6.07, 6.45) is 2.88. The standard InChI is InChI=1S/C14H18BrFO2/c1-2-11-9-14(17,5-6-18-11)8-10-3-4-13(16)12(15)7-10/h3-4,7,11,17H,2,5-6,8-9H2,1H3. The Bertz CT molecular complexity index is 424. The van der Waals surface area contributed by atoms with E-state index in [-0.39, 0.29) is 11.9 Å². The molecule has 1 aromatic rings. The van der Waals surface area contributed by atoms with Crippen molar-refractivity contribution in [1.29, 1.82) is 0 Å². The van der Waals surface area contributed by atoms with Gasteiger partial charge in [0.25, 0.3) is 0 Å². The molecule has 0 spiro atoms. The number of hydrogen-bond donors (Lipinski definition) is 1. The van der Waals surface area contributed by atoms with Crippen LogP contribution in [0.5, 0.6) is 0 Å². The van der Waals surface area contributed by atoms with Crippen molar-refractivity contribution < 1.29 is 14.2 Å². The zero-order chi connectivity index (χ0) is 13.2. The van der Waals surface area contributed by atoms with Gasteiger partial charge in [0.2, 0.25) is 0 Å². The van der Waals surface area contributed by atoms with Gasteiger partial charge in [0, 0.05) is 19.4 Å². The van der Waals surface area contributed by atoms with Crippen molar-refractivity contribution in [3.05, 3.63) is 34.1 Å². The minimum Gasteiger partial charge on any atom is -0.389 e. The Morgan fingerprint density at radius 3 is 3.00 bits per heavy atom. The quantitative estimate of drug-likeness (QED) is 0.925. The molecule has 0 saturated carbocycles. The van der Waals surface area contributed by atoms with E-state index in [2.05, 4.69) is 22.9 Å². The Balaban J connectivity index is 2.09. The van der Waals surface area contributed by atoms with Gasteiger partial charge < -0.3 is 9.84 Å². The van der Waals surface area contributed by atoms with Gasteiger partial charge in [0.05, 0.1) is 16.2 Å². The average Bonchev–Trinajstić information content (AvgIpc) is 2.33. The molecule has 1 fully saturated rings. The molecule has 0 aliphatic carbocycles. The van der Waals surface area contributed by atoms with E-state index >= 15 is 0 Å². The molecule has 1 N–H and O–H groups in total. The highest BCUT2D eigenvalue weighted by Gasteiger charge is 2.34. The van der Waals surface area contributed by atoms with Crippen LogP contribution in [0.25, 0.3) is 0 Å². The summed E-state index contributed by atoms with van der Waals surface area (Å²) in [7, 11) is 0. The van der Waals surface area contributed by atoms with Crippen LogP contribution >= 0.6 is 15.9 Å². The lowest BCUT2D eigenvalue weighted by Crippen LogP contribution is -2.42. The normalized spacial score (nSPS) is 28.3. The summed E-state index contributed by atoms with van der Waals surface area (Å²) in [6, 6.07) is 4.90. The van der Waals surface area contributed by atoms with Crippen molar-refractivity contribution in [3.63, 3.8) is 0 Å². The summed E-state index contributed by atoms with van der Waals surface area (Å²) in [4.78, 5) is 0. The van der Waals surface area contributed by atoms with Crippen LogP contribution in [0.4, 0.5) is 4.39 Å². The molecule has 0 aromatic heterocycles. The van der Waals surface area contributed by atoms with E-state index in [1.807, 2.05) is 0 Å². The largest absolute Gasteiger partial charge is 0.389 e. The second kappa shape index (κ2) is 5.68. The van der Waals surface area contributed by atoms with Gasteiger partial charge in [-0.25, -0.2) is 4.39 Å². The van der Waals surface area contributed by atoms with E-state index in [4.69, 9.17) is 4.74 Å². The highest BCUT2D eigenvalue weighted by Crippen LogP contribution is 2.30. The van der Waals surface area contributed by atoms with E-state index in [9.17, 15) is 9.50 Å². The molecule has 18 heavy (non-hydrogen) atoms. The number of benzene rings is 1. The average molecular weight is 317 g/mol. The van der Waals surface area contributed by atoms with Crippen molar-refractivity contribution in [3.8, 4) is 0 Å². The van der Waals surface area contributed by atoms with Crippen molar-refractivity contribution in [2.24, 2.45) is 0 Å². The molecule has 2 unspecified atom stereocenters. The molecular formula is C14H18BrFO2. The topological polar surface area (TPSA) is 29.5 Å². The Morgan fingerprint density at radius 1 is 1.56 bits per heavy atom. The van der Waals surface area contributed by atoms with Crippen LogP contribution in [-0.2, 0) is 11.2 Å². The fraction of sp³-hybridized carbons (Fsp3) is 0.571. The molecule has 1 aliphatic rings. The van der Waals surface area contributed by atoms with Crippen LogP contribution in [0.15, 0.2) is 22.7 Å². The Kier molecular flexibility index (Phi) is 4.41. The van der Waals surface area contributed by atoms with Gasteiger partial charge in [-0.05, 0) is 46.5 Å². The molecular weight excluding hydrogens is 299 g/mol. The lowest BCUT2D eigenvalue weighted by Gasteiger charge is -2.36. The molecule has 1 saturated heterocycles. The van der Waals surface area contributed by atoms with Gasteiger partial charge in [0.15, 0.2) is 0 Å². The van der Waals surface area contributed by atoms with Crippen LogP contribution < -0.4 is 0 Å². The van der Waals surface area contributed by atoms with E-state index in [1.165, 1.54) is 6.07 Å². The predicted octanol–water partition coefficient (Wildman–Crippen LogP) is 3.45. The third-order valence-electron chi connectivity index (χ3n) is 3.50. The lowest BCUT2D eigenvalue weighted by molar-refractivity contribution is -0.103. The van der Waals surface area contributed by atoms with E-state index in [0.717, 1.165) is 12.0 Å². The van der Waals surface area contributed by atoms with Gasteiger partial charge in [0.1, 0.15) is 5.82 Å². The van der Waals surface area contributed by atoms with E-state index in [1.54, 1.807) is 12.1 Å². The number of halogens is 2. The summed E-state index contributed by atoms with van der Waals surface area (Å²) in [5.74, 6) is -0.274. The highest BCUT2D eigenvalue weighted by molar-refractivity contribution is 9.10. The number of ether oxygens (including phenoxy) is 1. The minimum atomic E-state index is -0.726. The smallest absolute Gasteiger partial charge is 0.137 e. The van der Waals surface area contributed by atoms with Crippen LogP contribution in [0.2, 0.25) is 0 Å². The molecule has 1 aromatic carbocycles. The molecule has 1 aliphatic heterocycles. The fourth-order valence-electron chi connectivity index (χ4n) is 2.45. The van der Waals surface area contributed by atoms with Crippen LogP contribution in [0.1, 0.15) is 31.7 Å². The summed E-state index contributed by atoms with van der Waals surface area (Å²) in [6.45, 7) is 2.66.